The number of carbonyl (C=O) groups is 1. The van der Waals surface area contributed by atoms with Crippen LogP contribution in [0.2, 0.25) is 0 Å². The maximum Gasteiger partial charge on any atom is 0.266 e. The molecule has 1 aliphatic carbocycles. The van der Waals surface area contributed by atoms with Gasteiger partial charge >= 0.3 is 0 Å². The fraction of sp³-hybridized carbons (Fsp3) is 0.353. The number of ether oxygens (including phenoxy) is 1. The first-order chi connectivity index (χ1) is 12.4. The molecule has 1 aromatic heterocycles. The molecule has 0 radical (unpaired) electrons. The first-order valence-corrected chi connectivity index (χ1v) is 8.00. The Balaban J connectivity index is 1.69. The number of aromatic nitrogens is 2. The van der Waals surface area contributed by atoms with E-state index < -0.39 is 34.7 Å². The molecule has 0 aliphatic heterocycles. The molecule has 9 heteroatoms. The number of halogens is 3. The van der Waals surface area contributed by atoms with E-state index in [9.17, 15) is 22.8 Å². The van der Waals surface area contributed by atoms with Crippen LogP contribution in [0.1, 0.15) is 34.8 Å². The zero-order valence-electron chi connectivity index (χ0n) is 13.9. The summed E-state index contributed by atoms with van der Waals surface area (Å²) in [6, 6.07) is 3.54. The molecular formula is C17H16F3N3O3. The molecule has 26 heavy (non-hydrogen) atoms. The average molecular weight is 367 g/mol. The summed E-state index contributed by atoms with van der Waals surface area (Å²) < 4.78 is 46.6. The molecule has 3 rings (SSSR count). The van der Waals surface area contributed by atoms with Gasteiger partial charge in [0.25, 0.3) is 11.5 Å². The molecule has 1 aromatic carbocycles. The highest BCUT2D eigenvalue weighted by atomic mass is 19.2. The number of methoxy groups -OCH3 is 1. The summed E-state index contributed by atoms with van der Waals surface area (Å²) in [4.78, 5) is 23.9. The molecule has 1 saturated carbocycles. The van der Waals surface area contributed by atoms with Crippen LogP contribution in [-0.2, 0) is 6.54 Å². The van der Waals surface area contributed by atoms with E-state index in [1.807, 2.05) is 0 Å². The second kappa shape index (κ2) is 7.19. The standard InChI is InChI=1S/C17H16F3N3O3/c1-26-16-14(19)10(8-11(18)15(16)20)17(25)21-6-7-23-13(24)5-4-12(22-23)9-2-3-9/h4-5,8-9H,2-3,6-7H2,1H3,(H,21,25). The number of hydrogen-bond donors (Lipinski definition) is 1. The maximum atomic E-state index is 14.1. The Labute approximate surface area is 146 Å². The lowest BCUT2D eigenvalue weighted by molar-refractivity contribution is 0.0946. The molecule has 0 spiro atoms. The third kappa shape index (κ3) is 3.56. The van der Waals surface area contributed by atoms with Crippen molar-refractivity contribution in [2.24, 2.45) is 0 Å². The van der Waals surface area contributed by atoms with Gasteiger partial charge in [0.15, 0.2) is 17.4 Å². The molecule has 2 aromatic rings. The normalized spacial score (nSPS) is 13.5. The van der Waals surface area contributed by atoms with Gasteiger partial charge in [-0.3, -0.25) is 9.59 Å². The van der Waals surface area contributed by atoms with Crippen molar-refractivity contribution < 1.29 is 22.7 Å². The van der Waals surface area contributed by atoms with Crippen molar-refractivity contribution in [2.45, 2.75) is 25.3 Å². The van der Waals surface area contributed by atoms with Crippen molar-refractivity contribution in [1.29, 1.82) is 0 Å². The lowest BCUT2D eigenvalue weighted by Crippen LogP contribution is -2.32. The van der Waals surface area contributed by atoms with Gasteiger partial charge in [0, 0.05) is 18.5 Å². The Morgan fingerprint density at radius 1 is 1.31 bits per heavy atom. The average Bonchev–Trinajstić information content (AvgIpc) is 3.45. The lowest BCUT2D eigenvalue weighted by atomic mass is 10.1. The SMILES string of the molecule is COc1c(F)c(F)cc(C(=O)NCCn2nc(C3CC3)ccc2=O)c1F. The summed E-state index contributed by atoms with van der Waals surface area (Å²) >= 11 is 0. The maximum absolute atomic E-state index is 14.1. The van der Waals surface area contributed by atoms with Crippen LogP contribution in [0.15, 0.2) is 23.0 Å². The smallest absolute Gasteiger partial charge is 0.266 e. The highest BCUT2D eigenvalue weighted by Gasteiger charge is 2.26. The Morgan fingerprint density at radius 3 is 2.69 bits per heavy atom. The molecule has 0 saturated heterocycles. The van der Waals surface area contributed by atoms with Crippen LogP contribution in [-0.4, -0.2) is 29.3 Å². The van der Waals surface area contributed by atoms with Crippen molar-refractivity contribution in [3.05, 3.63) is 57.3 Å². The van der Waals surface area contributed by atoms with Gasteiger partial charge in [0.1, 0.15) is 0 Å². The van der Waals surface area contributed by atoms with Crippen LogP contribution in [0, 0.1) is 17.5 Å². The first kappa shape index (κ1) is 18.0. The Morgan fingerprint density at radius 2 is 2.04 bits per heavy atom. The van der Waals surface area contributed by atoms with Crippen molar-refractivity contribution in [3.8, 4) is 5.75 Å². The number of amides is 1. The van der Waals surface area contributed by atoms with Crippen LogP contribution in [0.3, 0.4) is 0 Å². The predicted molar refractivity (Wildman–Crippen MR) is 85.7 cm³/mol. The van der Waals surface area contributed by atoms with E-state index in [4.69, 9.17) is 0 Å². The highest BCUT2D eigenvalue weighted by molar-refractivity contribution is 5.95. The van der Waals surface area contributed by atoms with Crippen LogP contribution in [0.5, 0.6) is 5.75 Å². The summed E-state index contributed by atoms with van der Waals surface area (Å²) in [7, 11) is 0.966. The fourth-order valence-corrected chi connectivity index (χ4v) is 2.52. The summed E-state index contributed by atoms with van der Waals surface area (Å²) in [5.41, 5.74) is -0.204. The van der Waals surface area contributed by atoms with Crippen molar-refractivity contribution >= 4 is 5.91 Å². The molecule has 1 heterocycles. The fourth-order valence-electron chi connectivity index (χ4n) is 2.52. The Hall–Kier alpha value is -2.84. The lowest BCUT2D eigenvalue weighted by Gasteiger charge is -2.11. The van der Waals surface area contributed by atoms with Gasteiger partial charge in [-0.1, -0.05) is 0 Å². The number of hydrogen-bond acceptors (Lipinski definition) is 4. The van der Waals surface area contributed by atoms with Crippen molar-refractivity contribution in [2.75, 3.05) is 13.7 Å². The summed E-state index contributed by atoms with van der Waals surface area (Å²) in [6.45, 7) is 0.0220. The monoisotopic (exact) mass is 367 g/mol. The highest BCUT2D eigenvalue weighted by Crippen LogP contribution is 2.38. The molecule has 1 amide bonds. The van der Waals surface area contributed by atoms with Gasteiger partial charge in [-0.05, 0) is 25.0 Å². The second-order valence-electron chi connectivity index (χ2n) is 5.92. The Bertz CT molecular complexity index is 910. The molecule has 1 aliphatic rings. The van der Waals surface area contributed by atoms with Crippen LogP contribution < -0.4 is 15.6 Å². The van der Waals surface area contributed by atoms with E-state index in [2.05, 4.69) is 15.2 Å². The molecule has 0 atom stereocenters. The minimum atomic E-state index is -1.51. The topological polar surface area (TPSA) is 73.2 Å². The van der Waals surface area contributed by atoms with E-state index in [1.54, 1.807) is 6.07 Å². The summed E-state index contributed by atoms with van der Waals surface area (Å²) in [5.74, 6) is -5.76. The number of nitrogens with zero attached hydrogens (tertiary/aromatic N) is 2. The second-order valence-corrected chi connectivity index (χ2v) is 5.92. The van der Waals surface area contributed by atoms with Gasteiger partial charge < -0.3 is 10.1 Å². The van der Waals surface area contributed by atoms with E-state index in [-0.39, 0.29) is 18.6 Å². The number of nitrogens with one attached hydrogen (secondary N) is 1. The molecule has 0 unspecified atom stereocenters. The van der Waals surface area contributed by atoms with Crippen molar-refractivity contribution in [1.82, 2.24) is 15.1 Å². The largest absolute Gasteiger partial charge is 0.491 e. The van der Waals surface area contributed by atoms with E-state index in [0.29, 0.717) is 12.0 Å². The Kier molecular flexibility index (Phi) is 4.97. The van der Waals surface area contributed by atoms with Gasteiger partial charge in [-0.15, -0.1) is 0 Å². The molecule has 138 valence electrons. The van der Waals surface area contributed by atoms with Gasteiger partial charge in [0.05, 0.1) is 24.9 Å². The van der Waals surface area contributed by atoms with Crippen LogP contribution in [0.25, 0.3) is 0 Å². The first-order valence-electron chi connectivity index (χ1n) is 8.00. The number of rotatable bonds is 6. The van der Waals surface area contributed by atoms with Crippen LogP contribution in [0.4, 0.5) is 13.2 Å². The predicted octanol–water partition coefficient (Wildman–Crippen LogP) is 1.98. The quantitative estimate of drug-likeness (QED) is 0.793. The van der Waals surface area contributed by atoms with Gasteiger partial charge in [-0.25, -0.2) is 13.5 Å². The summed E-state index contributed by atoms with van der Waals surface area (Å²) in [6.07, 6.45) is 2.05. The third-order valence-electron chi connectivity index (χ3n) is 4.06. The number of benzene rings is 1. The van der Waals surface area contributed by atoms with E-state index >= 15 is 0 Å². The van der Waals surface area contributed by atoms with Gasteiger partial charge in [-0.2, -0.15) is 9.49 Å². The molecule has 1 N–H and O–H groups in total. The third-order valence-corrected chi connectivity index (χ3v) is 4.06. The van der Waals surface area contributed by atoms with Crippen LogP contribution >= 0.6 is 0 Å². The molecule has 6 nitrogen and oxygen atoms in total. The zero-order chi connectivity index (χ0) is 18.8. The molecular weight excluding hydrogens is 351 g/mol. The molecule has 1 fully saturated rings. The van der Waals surface area contributed by atoms with Crippen molar-refractivity contribution in [3.63, 3.8) is 0 Å². The zero-order valence-corrected chi connectivity index (χ0v) is 13.9. The van der Waals surface area contributed by atoms with E-state index in [0.717, 1.165) is 25.6 Å². The minimum Gasteiger partial charge on any atom is -0.491 e. The molecule has 0 bridgehead atoms. The van der Waals surface area contributed by atoms with Gasteiger partial charge in [0.2, 0.25) is 5.82 Å². The minimum absolute atomic E-state index is 0.0411. The van der Waals surface area contributed by atoms with E-state index in [1.165, 1.54) is 10.7 Å². The number of carbonyl (C=O) groups excluding carboxylic acids is 1. The summed E-state index contributed by atoms with van der Waals surface area (Å²) in [5, 5.41) is 6.58.